The Morgan fingerprint density at radius 3 is 3.20 bits per heavy atom. The smallest absolute Gasteiger partial charge is 0.164 e. The molecule has 4 nitrogen and oxygen atoms in total. The van der Waals surface area contributed by atoms with E-state index in [4.69, 9.17) is 16.3 Å². The van der Waals surface area contributed by atoms with Gasteiger partial charge in [-0.2, -0.15) is 0 Å². The molecule has 78 valence electrons. The van der Waals surface area contributed by atoms with Crippen molar-refractivity contribution in [2.24, 2.45) is 0 Å². The predicted molar refractivity (Wildman–Crippen MR) is 57.5 cm³/mol. The minimum absolute atomic E-state index is 0.485. The summed E-state index contributed by atoms with van der Waals surface area (Å²) in [5.41, 5.74) is 1.03. The molecule has 2 aromatic heterocycles. The number of halogens is 1. The highest BCUT2D eigenvalue weighted by atomic mass is 35.5. The summed E-state index contributed by atoms with van der Waals surface area (Å²) < 4.78 is 7.51. The molecule has 0 spiro atoms. The fourth-order valence-electron chi connectivity index (χ4n) is 1.68. The Bertz CT molecular complexity index is 519. The second-order valence-corrected chi connectivity index (χ2v) is 4.62. The molecular formula is C9H8ClN3OS. The van der Waals surface area contributed by atoms with Crippen LogP contribution in [0.15, 0.2) is 5.38 Å². The molecule has 0 atom stereocenters. The third-order valence-corrected chi connectivity index (χ3v) is 3.87. The number of aromatic nitrogens is 3. The van der Waals surface area contributed by atoms with Gasteiger partial charge in [-0.1, -0.05) is 11.6 Å². The van der Waals surface area contributed by atoms with E-state index >= 15 is 0 Å². The van der Waals surface area contributed by atoms with Crippen molar-refractivity contribution in [3.63, 3.8) is 0 Å². The summed E-state index contributed by atoms with van der Waals surface area (Å²) in [6.07, 6.45) is 0. The molecule has 0 bridgehead atoms. The maximum Gasteiger partial charge on any atom is 0.164 e. The van der Waals surface area contributed by atoms with Crippen LogP contribution < -0.4 is 0 Å². The number of hydrogen-bond donors (Lipinski definition) is 0. The van der Waals surface area contributed by atoms with Crippen LogP contribution in [0.25, 0.3) is 5.00 Å². The third-order valence-electron chi connectivity index (χ3n) is 2.39. The van der Waals surface area contributed by atoms with E-state index in [1.165, 1.54) is 0 Å². The van der Waals surface area contributed by atoms with Crippen LogP contribution in [0.5, 0.6) is 0 Å². The quantitative estimate of drug-likeness (QED) is 0.711. The van der Waals surface area contributed by atoms with E-state index in [1.54, 1.807) is 11.3 Å². The molecule has 0 fully saturated rings. The van der Waals surface area contributed by atoms with Gasteiger partial charge in [0, 0.05) is 10.9 Å². The lowest BCUT2D eigenvalue weighted by Crippen LogP contribution is -2.00. The molecule has 2 aromatic rings. The van der Waals surface area contributed by atoms with Crippen LogP contribution in [0.2, 0.25) is 5.02 Å². The van der Waals surface area contributed by atoms with E-state index in [1.807, 2.05) is 16.9 Å². The molecule has 1 aliphatic rings. The van der Waals surface area contributed by atoms with E-state index < -0.39 is 0 Å². The molecule has 0 radical (unpaired) electrons. The minimum Gasteiger partial charge on any atom is -0.369 e. The Kier molecular flexibility index (Phi) is 2.05. The summed E-state index contributed by atoms with van der Waals surface area (Å²) in [4.78, 5) is 0. The highest BCUT2D eigenvalue weighted by Gasteiger charge is 2.21. The molecule has 0 aliphatic carbocycles. The SMILES string of the molecule is Cc1nnc2n1-c1scc(Cl)c1COC2. The Balaban J connectivity index is 2.30. The van der Waals surface area contributed by atoms with Crippen LogP contribution in [0.4, 0.5) is 0 Å². The van der Waals surface area contributed by atoms with E-state index in [0.29, 0.717) is 13.2 Å². The van der Waals surface area contributed by atoms with E-state index in [9.17, 15) is 0 Å². The molecular weight excluding hydrogens is 234 g/mol. The Labute approximate surface area is 95.5 Å². The van der Waals surface area contributed by atoms with Crippen LogP contribution in [0.1, 0.15) is 17.2 Å². The zero-order valence-corrected chi connectivity index (χ0v) is 9.60. The maximum atomic E-state index is 6.09. The molecule has 0 amide bonds. The van der Waals surface area contributed by atoms with Gasteiger partial charge in [-0.15, -0.1) is 21.5 Å². The van der Waals surface area contributed by atoms with Crippen molar-refractivity contribution in [2.75, 3.05) is 0 Å². The molecule has 0 unspecified atom stereocenters. The first-order valence-corrected chi connectivity index (χ1v) is 5.78. The molecule has 0 saturated carbocycles. The normalized spacial score (nSPS) is 14.5. The van der Waals surface area contributed by atoms with Crippen LogP contribution in [-0.4, -0.2) is 14.8 Å². The van der Waals surface area contributed by atoms with Crippen molar-refractivity contribution in [3.05, 3.63) is 27.6 Å². The first-order chi connectivity index (χ1) is 7.27. The Morgan fingerprint density at radius 1 is 1.47 bits per heavy atom. The summed E-state index contributed by atoms with van der Waals surface area (Å²) >= 11 is 7.69. The van der Waals surface area contributed by atoms with E-state index in [-0.39, 0.29) is 0 Å². The van der Waals surface area contributed by atoms with Gasteiger partial charge in [0.15, 0.2) is 5.82 Å². The van der Waals surface area contributed by atoms with Gasteiger partial charge >= 0.3 is 0 Å². The molecule has 15 heavy (non-hydrogen) atoms. The topological polar surface area (TPSA) is 39.9 Å². The van der Waals surface area contributed by atoms with Crippen molar-refractivity contribution >= 4 is 22.9 Å². The first kappa shape index (κ1) is 9.33. The van der Waals surface area contributed by atoms with Gasteiger partial charge in [-0.3, -0.25) is 4.57 Å². The average molecular weight is 242 g/mol. The molecule has 3 heterocycles. The van der Waals surface area contributed by atoms with Gasteiger partial charge in [0.2, 0.25) is 0 Å². The number of fused-ring (bicyclic) bond motifs is 3. The lowest BCUT2D eigenvalue weighted by Gasteiger charge is -2.02. The lowest BCUT2D eigenvalue weighted by atomic mass is 10.3. The van der Waals surface area contributed by atoms with Crippen molar-refractivity contribution in [3.8, 4) is 5.00 Å². The number of aryl methyl sites for hydroxylation is 1. The molecule has 3 rings (SSSR count). The summed E-state index contributed by atoms with van der Waals surface area (Å²) in [7, 11) is 0. The number of thiophene rings is 1. The molecule has 0 aromatic carbocycles. The van der Waals surface area contributed by atoms with Gasteiger partial charge in [0.05, 0.1) is 11.6 Å². The van der Waals surface area contributed by atoms with Gasteiger partial charge in [-0.05, 0) is 6.92 Å². The second-order valence-electron chi connectivity index (χ2n) is 3.36. The van der Waals surface area contributed by atoms with Crippen molar-refractivity contribution < 1.29 is 4.74 Å². The number of rotatable bonds is 0. The van der Waals surface area contributed by atoms with Crippen molar-refractivity contribution in [1.82, 2.24) is 14.8 Å². The van der Waals surface area contributed by atoms with E-state index in [0.717, 1.165) is 27.2 Å². The Hall–Kier alpha value is -0.910. The van der Waals surface area contributed by atoms with E-state index in [2.05, 4.69) is 10.2 Å². The average Bonchev–Trinajstić information content (AvgIpc) is 2.68. The minimum atomic E-state index is 0.485. The molecule has 0 N–H and O–H groups in total. The Morgan fingerprint density at radius 2 is 2.33 bits per heavy atom. The molecule has 1 aliphatic heterocycles. The summed E-state index contributed by atoms with van der Waals surface area (Å²) in [5, 5.41) is 11.9. The van der Waals surface area contributed by atoms with Crippen LogP contribution in [0, 0.1) is 6.92 Å². The van der Waals surface area contributed by atoms with Crippen molar-refractivity contribution in [1.29, 1.82) is 0 Å². The largest absolute Gasteiger partial charge is 0.369 e. The van der Waals surface area contributed by atoms with Crippen LogP contribution in [0.3, 0.4) is 0 Å². The van der Waals surface area contributed by atoms with Crippen LogP contribution in [-0.2, 0) is 18.0 Å². The maximum absolute atomic E-state index is 6.09. The third kappa shape index (κ3) is 1.31. The fourth-order valence-corrected chi connectivity index (χ4v) is 3.02. The number of nitrogens with zero attached hydrogens (tertiary/aromatic N) is 3. The molecule has 0 saturated heterocycles. The van der Waals surface area contributed by atoms with Gasteiger partial charge in [0.1, 0.15) is 17.4 Å². The monoisotopic (exact) mass is 241 g/mol. The second kappa shape index (κ2) is 3.30. The summed E-state index contributed by atoms with van der Waals surface area (Å²) in [6.45, 7) is 2.96. The van der Waals surface area contributed by atoms with Crippen LogP contribution >= 0.6 is 22.9 Å². The molecule has 6 heteroatoms. The number of hydrogen-bond acceptors (Lipinski definition) is 4. The standard InChI is InChI=1S/C9H8ClN3OS/c1-5-11-12-8-3-14-2-6-7(10)4-15-9(6)13(5)8/h4H,2-3H2,1H3. The zero-order chi connectivity index (χ0) is 10.4. The lowest BCUT2D eigenvalue weighted by molar-refractivity contribution is 0.105. The van der Waals surface area contributed by atoms with Gasteiger partial charge in [0.25, 0.3) is 0 Å². The van der Waals surface area contributed by atoms with Gasteiger partial charge < -0.3 is 4.74 Å². The fraction of sp³-hybridized carbons (Fsp3) is 0.333. The van der Waals surface area contributed by atoms with Gasteiger partial charge in [-0.25, -0.2) is 0 Å². The predicted octanol–water partition coefficient (Wildman–Crippen LogP) is 2.32. The highest BCUT2D eigenvalue weighted by molar-refractivity contribution is 7.13. The zero-order valence-electron chi connectivity index (χ0n) is 8.03. The first-order valence-electron chi connectivity index (χ1n) is 4.52. The number of ether oxygens (including phenoxy) is 1. The van der Waals surface area contributed by atoms with Crippen molar-refractivity contribution in [2.45, 2.75) is 20.1 Å². The highest BCUT2D eigenvalue weighted by Crippen LogP contribution is 2.34. The summed E-state index contributed by atoms with van der Waals surface area (Å²) in [6, 6.07) is 0. The summed E-state index contributed by atoms with van der Waals surface area (Å²) in [5.74, 6) is 1.71.